The van der Waals surface area contributed by atoms with E-state index in [1.807, 2.05) is 72.8 Å². The molecule has 0 aliphatic carbocycles. The van der Waals surface area contributed by atoms with Crippen LogP contribution in [0.5, 0.6) is 0 Å². The average Bonchev–Trinajstić information content (AvgIpc) is 2.81. The second-order valence-electron chi connectivity index (χ2n) is 7.25. The molecular weight excluding hydrogens is 374 g/mol. The van der Waals surface area contributed by atoms with Crippen LogP contribution in [0.3, 0.4) is 0 Å². The van der Waals surface area contributed by atoms with E-state index in [4.69, 9.17) is 0 Å². The topological polar surface area (TPSA) is 62.3 Å². The Kier molecular flexibility index (Phi) is 7.72. The molecule has 0 saturated heterocycles. The van der Waals surface area contributed by atoms with Crippen LogP contribution in [0.25, 0.3) is 0 Å². The standard InChI is InChI=1S/C25H27N3O2/c1-20(25(30)27-18-23-13-8-16-26-17-23)28(19-22-11-6-3-7-12-22)24(29)15-14-21-9-4-2-5-10-21/h2-13,16-17,20H,14-15,18-19H2,1H3,(H,27,30)/t20-/m1/s1. The van der Waals surface area contributed by atoms with Crippen molar-refractivity contribution in [3.05, 3.63) is 102 Å². The first-order valence-corrected chi connectivity index (χ1v) is 10.2. The predicted octanol–water partition coefficient (Wildman–Crippen LogP) is 3.75. The number of nitrogens with one attached hydrogen (secondary N) is 1. The minimum absolute atomic E-state index is 0.0354. The first-order chi connectivity index (χ1) is 14.6. The maximum atomic E-state index is 13.1. The Hall–Kier alpha value is -3.47. The number of carbonyl (C=O) groups is 2. The summed E-state index contributed by atoms with van der Waals surface area (Å²) < 4.78 is 0. The van der Waals surface area contributed by atoms with Crippen LogP contribution in [0, 0.1) is 0 Å². The van der Waals surface area contributed by atoms with Crippen molar-refractivity contribution in [3.63, 3.8) is 0 Å². The molecule has 3 rings (SSSR count). The number of benzene rings is 2. The number of pyridine rings is 1. The lowest BCUT2D eigenvalue weighted by Gasteiger charge is -2.29. The zero-order valence-electron chi connectivity index (χ0n) is 17.2. The van der Waals surface area contributed by atoms with Crippen molar-refractivity contribution >= 4 is 11.8 Å². The molecule has 154 valence electrons. The monoisotopic (exact) mass is 401 g/mol. The average molecular weight is 402 g/mol. The van der Waals surface area contributed by atoms with Gasteiger partial charge in [-0.15, -0.1) is 0 Å². The molecule has 5 nitrogen and oxygen atoms in total. The van der Waals surface area contributed by atoms with Gasteiger partial charge in [0.1, 0.15) is 6.04 Å². The predicted molar refractivity (Wildman–Crippen MR) is 117 cm³/mol. The molecule has 0 fully saturated rings. The minimum Gasteiger partial charge on any atom is -0.350 e. The molecule has 0 unspecified atom stereocenters. The molecule has 2 aromatic carbocycles. The first-order valence-electron chi connectivity index (χ1n) is 10.2. The maximum absolute atomic E-state index is 13.1. The van der Waals surface area contributed by atoms with E-state index in [1.165, 1.54) is 0 Å². The van der Waals surface area contributed by atoms with Gasteiger partial charge in [-0.2, -0.15) is 0 Å². The molecule has 0 aliphatic rings. The molecule has 0 spiro atoms. The summed E-state index contributed by atoms with van der Waals surface area (Å²) in [5.41, 5.74) is 3.03. The van der Waals surface area contributed by atoms with Crippen LogP contribution in [0.15, 0.2) is 85.2 Å². The summed E-state index contributed by atoms with van der Waals surface area (Å²) in [5, 5.41) is 2.92. The number of aromatic nitrogens is 1. The summed E-state index contributed by atoms with van der Waals surface area (Å²) in [7, 11) is 0. The molecule has 3 aromatic rings. The first kappa shape index (κ1) is 21.2. The number of carbonyl (C=O) groups excluding carboxylic acids is 2. The number of amides is 2. The number of hydrogen-bond acceptors (Lipinski definition) is 3. The van der Waals surface area contributed by atoms with Gasteiger partial charge < -0.3 is 10.2 Å². The molecule has 2 amide bonds. The number of aryl methyl sites for hydroxylation is 1. The second kappa shape index (κ2) is 10.9. The van der Waals surface area contributed by atoms with Gasteiger partial charge in [0, 0.05) is 31.9 Å². The van der Waals surface area contributed by atoms with Crippen molar-refractivity contribution < 1.29 is 9.59 Å². The Morgan fingerprint density at radius 1 is 0.900 bits per heavy atom. The maximum Gasteiger partial charge on any atom is 0.242 e. The number of nitrogens with zero attached hydrogens (tertiary/aromatic N) is 2. The molecule has 0 saturated carbocycles. The molecule has 1 atom stereocenters. The third kappa shape index (κ3) is 6.27. The van der Waals surface area contributed by atoms with Crippen LogP contribution in [0.1, 0.15) is 30.0 Å². The largest absolute Gasteiger partial charge is 0.350 e. The highest BCUT2D eigenvalue weighted by molar-refractivity contribution is 5.87. The summed E-state index contributed by atoms with van der Waals surface area (Å²) in [6.07, 6.45) is 4.42. The van der Waals surface area contributed by atoms with E-state index >= 15 is 0 Å². The molecule has 0 aliphatic heterocycles. The van der Waals surface area contributed by atoms with Gasteiger partial charge in [0.15, 0.2) is 0 Å². The van der Waals surface area contributed by atoms with Crippen LogP contribution >= 0.6 is 0 Å². The van der Waals surface area contributed by atoms with E-state index in [2.05, 4.69) is 10.3 Å². The third-order valence-electron chi connectivity index (χ3n) is 5.02. The molecule has 1 N–H and O–H groups in total. The van der Waals surface area contributed by atoms with Gasteiger partial charge in [-0.1, -0.05) is 66.7 Å². The third-order valence-corrected chi connectivity index (χ3v) is 5.02. The fraction of sp³-hybridized carbons (Fsp3) is 0.240. The second-order valence-corrected chi connectivity index (χ2v) is 7.25. The minimum atomic E-state index is -0.579. The highest BCUT2D eigenvalue weighted by atomic mass is 16.2. The molecule has 30 heavy (non-hydrogen) atoms. The highest BCUT2D eigenvalue weighted by Crippen LogP contribution is 2.13. The summed E-state index contributed by atoms with van der Waals surface area (Å²) in [6, 6.07) is 22.8. The van der Waals surface area contributed by atoms with E-state index in [0.29, 0.717) is 25.9 Å². The van der Waals surface area contributed by atoms with Gasteiger partial charge in [-0.05, 0) is 36.1 Å². The van der Waals surface area contributed by atoms with Crippen molar-refractivity contribution in [2.24, 2.45) is 0 Å². The van der Waals surface area contributed by atoms with Crippen molar-refractivity contribution in [1.29, 1.82) is 0 Å². The van der Waals surface area contributed by atoms with Crippen molar-refractivity contribution in [3.8, 4) is 0 Å². The summed E-state index contributed by atoms with van der Waals surface area (Å²) in [4.78, 5) is 31.6. The van der Waals surface area contributed by atoms with Crippen molar-refractivity contribution in [1.82, 2.24) is 15.2 Å². The Labute approximate surface area is 177 Å². The Bertz CT molecular complexity index is 930. The van der Waals surface area contributed by atoms with E-state index < -0.39 is 6.04 Å². The van der Waals surface area contributed by atoms with Crippen LogP contribution in [-0.2, 0) is 29.1 Å². The van der Waals surface area contributed by atoms with E-state index in [-0.39, 0.29) is 11.8 Å². The SMILES string of the molecule is C[C@H](C(=O)NCc1cccnc1)N(Cc1ccccc1)C(=O)CCc1ccccc1. The highest BCUT2D eigenvalue weighted by Gasteiger charge is 2.25. The molecule has 0 radical (unpaired) electrons. The van der Waals surface area contributed by atoms with E-state index in [1.54, 1.807) is 24.2 Å². The zero-order chi connectivity index (χ0) is 21.2. The van der Waals surface area contributed by atoms with Gasteiger partial charge >= 0.3 is 0 Å². The summed E-state index contributed by atoms with van der Waals surface area (Å²) in [5.74, 6) is -0.213. The van der Waals surface area contributed by atoms with Crippen LogP contribution in [0.4, 0.5) is 0 Å². The van der Waals surface area contributed by atoms with E-state index in [9.17, 15) is 9.59 Å². The molecule has 5 heteroatoms. The van der Waals surface area contributed by atoms with Gasteiger partial charge in [0.05, 0.1) is 0 Å². The van der Waals surface area contributed by atoms with Crippen LogP contribution < -0.4 is 5.32 Å². The Balaban J connectivity index is 1.67. The lowest BCUT2D eigenvalue weighted by atomic mass is 10.1. The van der Waals surface area contributed by atoms with Gasteiger partial charge in [0.25, 0.3) is 0 Å². The molecule has 0 bridgehead atoms. The molecule has 1 heterocycles. The van der Waals surface area contributed by atoms with Crippen LogP contribution in [0.2, 0.25) is 0 Å². The van der Waals surface area contributed by atoms with Gasteiger partial charge in [-0.3, -0.25) is 14.6 Å². The smallest absolute Gasteiger partial charge is 0.242 e. The Morgan fingerprint density at radius 3 is 2.17 bits per heavy atom. The van der Waals surface area contributed by atoms with Gasteiger partial charge in [-0.25, -0.2) is 0 Å². The summed E-state index contributed by atoms with van der Waals surface area (Å²) in [6.45, 7) is 2.56. The zero-order valence-corrected chi connectivity index (χ0v) is 17.2. The van der Waals surface area contributed by atoms with Crippen molar-refractivity contribution in [2.75, 3.05) is 0 Å². The lowest BCUT2D eigenvalue weighted by Crippen LogP contribution is -2.47. The van der Waals surface area contributed by atoms with Crippen LogP contribution in [-0.4, -0.2) is 27.7 Å². The van der Waals surface area contributed by atoms with Crippen molar-refractivity contribution in [2.45, 2.75) is 38.9 Å². The molecular formula is C25H27N3O2. The molecule has 1 aromatic heterocycles. The number of rotatable bonds is 9. The Morgan fingerprint density at radius 2 is 1.53 bits per heavy atom. The fourth-order valence-electron chi connectivity index (χ4n) is 3.24. The number of hydrogen-bond donors (Lipinski definition) is 1. The normalized spacial score (nSPS) is 11.5. The quantitative estimate of drug-likeness (QED) is 0.594. The van der Waals surface area contributed by atoms with Gasteiger partial charge in [0.2, 0.25) is 11.8 Å². The fourth-order valence-corrected chi connectivity index (χ4v) is 3.24. The lowest BCUT2D eigenvalue weighted by molar-refractivity contribution is -0.140. The summed E-state index contributed by atoms with van der Waals surface area (Å²) >= 11 is 0. The van der Waals surface area contributed by atoms with E-state index in [0.717, 1.165) is 16.7 Å².